The van der Waals surface area contributed by atoms with Crippen LogP contribution in [0.5, 0.6) is 0 Å². The number of carbonyl (C=O) groups is 2. The fraction of sp³-hybridized carbons (Fsp3) is 0.667. The fourth-order valence-electron chi connectivity index (χ4n) is 5.40. The first-order valence-electron chi connectivity index (χ1n) is 11.7. The van der Waals surface area contributed by atoms with Crippen molar-refractivity contribution >= 4 is 23.4 Å². The Morgan fingerprint density at radius 2 is 1.74 bits per heavy atom. The first-order chi connectivity index (χ1) is 15.1. The second kappa shape index (κ2) is 10.3. The van der Waals surface area contributed by atoms with Gasteiger partial charge in [-0.15, -0.1) is 0 Å². The van der Waals surface area contributed by atoms with E-state index >= 15 is 0 Å². The highest BCUT2D eigenvalue weighted by Crippen LogP contribution is 2.34. The normalized spacial score (nSPS) is 24.5. The van der Waals surface area contributed by atoms with Gasteiger partial charge in [-0.3, -0.25) is 14.5 Å². The van der Waals surface area contributed by atoms with Crippen molar-refractivity contribution in [2.45, 2.75) is 50.5 Å². The number of halogens is 1. The van der Waals surface area contributed by atoms with Gasteiger partial charge in [0, 0.05) is 48.8 Å². The van der Waals surface area contributed by atoms with E-state index in [0.717, 1.165) is 52.0 Å². The summed E-state index contributed by atoms with van der Waals surface area (Å²) in [5, 5.41) is 3.91. The van der Waals surface area contributed by atoms with Gasteiger partial charge >= 0.3 is 0 Å². The molecule has 1 N–H and O–H groups in total. The predicted molar refractivity (Wildman–Crippen MR) is 121 cm³/mol. The molecule has 7 heteroatoms. The zero-order chi connectivity index (χ0) is 21.7. The number of morpholine rings is 1. The van der Waals surface area contributed by atoms with Crippen LogP contribution >= 0.6 is 11.6 Å². The average Bonchev–Trinajstić information content (AvgIpc) is 2.84. The van der Waals surface area contributed by atoms with Gasteiger partial charge in [0.2, 0.25) is 5.91 Å². The van der Waals surface area contributed by atoms with Crippen molar-refractivity contribution in [3.05, 3.63) is 34.9 Å². The number of nitrogens with zero attached hydrogens (tertiary/aromatic N) is 2. The van der Waals surface area contributed by atoms with Crippen LogP contribution in [0.1, 0.15) is 55.3 Å². The lowest BCUT2D eigenvalue weighted by molar-refractivity contribution is -0.127. The van der Waals surface area contributed by atoms with Gasteiger partial charge in [-0.25, -0.2) is 0 Å². The summed E-state index contributed by atoms with van der Waals surface area (Å²) >= 11 is 5.94. The molecule has 0 radical (unpaired) electrons. The lowest BCUT2D eigenvalue weighted by Crippen LogP contribution is -2.60. The fourth-order valence-corrected chi connectivity index (χ4v) is 5.53. The van der Waals surface area contributed by atoms with Crippen LogP contribution in [0.2, 0.25) is 5.02 Å². The van der Waals surface area contributed by atoms with Crippen LogP contribution in [0, 0.1) is 5.92 Å². The molecule has 1 atom stereocenters. The monoisotopic (exact) mass is 447 g/mol. The van der Waals surface area contributed by atoms with Gasteiger partial charge in [-0.1, -0.05) is 30.9 Å². The number of hydrogen-bond donors (Lipinski definition) is 1. The molecule has 3 fully saturated rings. The summed E-state index contributed by atoms with van der Waals surface area (Å²) in [7, 11) is 0. The number of ether oxygens (including phenoxy) is 1. The molecule has 0 aromatic heterocycles. The maximum absolute atomic E-state index is 13.1. The quantitative estimate of drug-likeness (QED) is 0.751. The van der Waals surface area contributed by atoms with Gasteiger partial charge < -0.3 is 15.0 Å². The number of nitrogens with one attached hydrogen (secondary N) is 1. The van der Waals surface area contributed by atoms with Crippen molar-refractivity contribution in [2.24, 2.45) is 5.92 Å². The van der Waals surface area contributed by atoms with E-state index in [1.807, 2.05) is 4.90 Å². The molecule has 170 valence electrons. The van der Waals surface area contributed by atoms with E-state index < -0.39 is 0 Å². The zero-order valence-corrected chi connectivity index (χ0v) is 19.0. The van der Waals surface area contributed by atoms with Crippen LogP contribution < -0.4 is 5.32 Å². The van der Waals surface area contributed by atoms with Gasteiger partial charge in [-0.2, -0.15) is 0 Å². The molecule has 0 bridgehead atoms. The molecule has 0 spiro atoms. The van der Waals surface area contributed by atoms with Gasteiger partial charge in [0.25, 0.3) is 5.91 Å². The molecule has 1 aromatic carbocycles. The second-order valence-corrected chi connectivity index (χ2v) is 9.64. The highest BCUT2D eigenvalue weighted by atomic mass is 35.5. The molecular formula is C24H34ClN3O3. The minimum atomic E-state index is -0.143. The molecule has 1 aromatic rings. The Bertz CT molecular complexity index is 758. The van der Waals surface area contributed by atoms with Crippen LogP contribution in [0.3, 0.4) is 0 Å². The Morgan fingerprint density at radius 3 is 2.45 bits per heavy atom. The highest BCUT2D eigenvalue weighted by molar-refractivity contribution is 6.30. The van der Waals surface area contributed by atoms with Crippen molar-refractivity contribution < 1.29 is 14.3 Å². The van der Waals surface area contributed by atoms with Gasteiger partial charge in [0.05, 0.1) is 19.1 Å². The molecule has 3 aliphatic rings. The van der Waals surface area contributed by atoms with Crippen molar-refractivity contribution in [1.29, 1.82) is 0 Å². The number of benzene rings is 1. The summed E-state index contributed by atoms with van der Waals surface area (Å²) < 4.78 is 5.56. The Kier molecular flexibility index (Phi) is 7.51. The minimum Gasteiger partial charge on any atom is -0.379 e. The lowest BCUT2D eigenvalue weighted by Gasteiger charge is -2.48. The summed E-state index contributed by atoms with van der Waals surface area (Å²) in [5.41, 5.74) is 0.685. The second-order valence-electron chi connectivity index (χ2n) is 9.20. The van der Waals surface area contributed by atoms with Gasteiger partial charge in [0.15, 0.2) is 0 Å². The van der Waals surface area contributed by atoms with E-state index in [2.05, 4.69) is 10.2 Å². The molecule has 2 saturated heterocycles. The average molecular weight is 448 g/mol. The van der Waals surface area contributed by atoms with Crippen molar-refractivity contribution in [1.82, 2.24) is 15.1 Å². The Morgan fingerprint density at radius 1 is 1.03 bits per heavy atom. The van der Waals surface area contributed by atoms with E-state index in [0.29, 0.717) is 30.2 Å². The minimum absolute atomic E-state index is 0.0220. The van der Waals surface area contributed by atoms with E-state index in [-0.39, 0.29) is 23.3 Å². The van der Waals surface area contributed by atoms with E-state index in [1.165, 1.54) is 19.3 Å². The van der Waals surface area contributed by atoms with Gasteiger partial charge in [-0.05, 0) is 49.9 Å². The van der Waals surface area contributed by atoms with Crippen LogP contribution in [0.15, 0.2) is 24.3 Å². The third kappa shape index (κ3) is 5.41. The molecule has 2 amide bonds. The topological polar surface area (TPSA) is 61.9 Å². The standard InChI is InChI=1S/C24H34ClN3O3/c25-21-8-6-19(7-9-21)23(30)27-12-4-5-20(17-27)22(29)26-18-24(10-2-1-3-11-24)28-13-15-31-16-14-28/h6-9,20H,1-5,10-18H2,(H,26,29)/t20-/m1/s1. The number of rotatable bonds is 5. The van der Waals surface area contributed by atoms with Crippen LogP contribution in [0.4, 0.5) is 0 Å². The highest BCUT2D eigenvalue weighted by Gasteiger charge is 2.39. The van der Waals surface area contributed by atoms with Gasteiger partial charge in [0.1, 0.15) is 0 Å². The molecule has 6 nitrogen and oxygen atoms in total. The number of likely N-dealkylation sites (tertiary alicyclic amines) is 1. The molecule has 2 aliphatic heterocycles. The predicted octanol–water partition coefficient (Wildman–Crippen LogP) is 3.34. The Balaban J connectivity index is 1.36. The maximum atomic E-state index is 13.1. The Hall–Kier alpha value is -1.63. The summed E-state index contributed by atoms with van der Waals surface area (Å²) in [6, 6.07) is 6.98. The number of amides is 2. The maximum Gasteiger partial charge on any atom is 0.253 e. The van der Waals surface area contributed by atoms with E-state index in [9.17, 15) is 9.59 Å². The van der Waals surface area contributed by atoms with Crippen molar-refractivity contribution in [3.8, 4) is 0 Å². The van der Waals surface area contributed by atoms with Crippen LogP contribution in [0.25, 0.3) is 0 Å². The van der Waals surface area contributed by atoms with Crippen LogP contribution in [-0.2, 0) is 9.53 Å². The molecule has 1 aliphatic carbocycles. The summed E-state index contributed by atoms with van der Waals surface area (Å²) in [6.45, 7) is 5.33. The molecular weight excluding hydrogens is 414 g/mol. The smallest absolute Gasteiger partial charge is 0.253 e. The molecule has 2 heterocycles. The summed E-state index contributed by atoms with van der Waals surface area (Å²) in [5.74, 6) is -0.0756. The molecule has 1 saturated carbocycles. The number of carbonyl (C=O) groups excluding carboxylic acids is 2. The largest absolute Gasteiger partial charge is 0.379 e. The SMILES string of the molecule is O=C(NCC1(N2CCOCC2)CCCCC1)[C@@H]1CCCN(C(=O)c2ccc(Cl)cc2)C1. The van der Waals surface area contributed by atoms with E-state index in [4.69, 9.17) is 16.3 Å². The summed E-state index contributed by atoms with van der Waals surface area (Å²) in [4.78, 5) is 30.3. The van der Waals surface area contributed by atoms with Crippen molar-refractivity contribution in [3.63, 3.8) is 0 Å². The number of hydrogen-bond acceptors (Lipinski definition) is 4. The third-order valence-electron chi connectivity index (χ3n) is 7.23. The molecule has 4 rings (SSSR count). The van der Waals surface area contributed by atoms with Crippen molar-refractivity contribution in [2.75, 3.05) is 45.9 Å². The molecule has 31 heavy (non-hydrogen) atoms. The zero-order valence-electron chi connectivity index (χ0n) is 18.3. The third-order valence-corrected chi connectivity index (χ3v) is 7.48. The lowest BCUT2D eigenvalue weighted by atomic mass is 9.79. The first kappa shape index (κ1) is 22.6. The first-order valence-corrected chi connectivity index (χ1v) is 12.1. The molecule has 0 unspecified atom stereocenters. The van der Waals surface area contributed by atoms with Crippen LogP contribution in [-0.4, -0.2) is 73.1 Å². The number of piperidine rings is 1. The Labute approximate surface area is 190 Å². The van der Waals surface area contributed by atoms with E-state index in [1.54, 1.807) is 24.3 Å². The summed E-state index contributed by atoms with van der Waals surface area (Å²) in [6.07, 6.45) is 7.69.